The number of rotatable bonds is 5. The van der Waals surface area contributed by atoms with Gasteiger partial charge in [0, 0.05) is 52.7 Å². The number of hydrogen-bond donors (Lipinski definition) is 1. The van der Waals surface area contributed by atoms with Gasteiger partial charge in [0.25, 0.3) is 0 Å². The fraction of sp³-hybridized carbons (Fsp3) is 0.0455. The molecular weight excluding hydrogens is 389 g/mol. The van der Waals surface area contributed by atoms with E-state index in [2.05, 4.69) is 21.4 Å². The molecule has 0 aliphatic heterocycles. The molecule has 0 bridgehead atoms. The van der Waals surface area contributed by atoms with Crippen molar-refractivity contribution in [3.05, 3.63) is 95.4 Å². The van der Waals surface area contributed by atoms with Gasteiger partial charge in [0.2, 0.25) is 5.82 Å². The van der Waals surface area contributed by atoms with Gasteiger partial charge in [-0.2, -0.15) is 5.26 Å². The molecule has 2 heterocycles. The number of halogens is 2. The van der Waals surface area contributed by atoms with Gasteiger partial charge in [0.05, 0.1) is 5.69 Å². The Bertz CT molecular complexity index is 1160. The van der Waals surface area contributed by atoms with Crippen LogP contribution in [0.25, 0.3) is 16.9 Å². The molecule has 0 amide bonds. The van der Waals surface area contributed by atoms with E-state index in [1.54, 1.807) is 35.3 Å². The van der Waals surface area contributed by atoms with Crippen LogP contribution in [0.15, 0.2) is 73.2 Å². The first-order chi connectivity index (χ1) is 14.2. The predicted octanol–water partition coefficient (Wildman–Crippen LogP) is 5.21. The molecule has 2 aromatic carbocycles. The van der Waals surface area contributed by atoms with E-state index >= 15 is 0 Å². The summed E-state index contributed by atoms with van der Waals surface area (Å²) in [6.07, 6.45) is 5.19. The van der Waals surface area contributed by atoms with Crippen LogP contribution in [0, 0.1) is 17.1 Å². The Morgan fingerprint density at radius 1 is 1.10 bits per heavy atom. The first kappa shape index (κ1) is 18.7. The first-order valence-electron chi connectivity index (χ1n) is 8.83. The van der Waals surface area contributed by atoms with Crippen molar-refractivity contribution in [3.63, 3.8) is 0 Å². The van der Waals surface area contributed by atoms with Crippen LogP contribution in [-0.2, 0) is 6.54 Å². The maximum atomic E-state index is 13.9. The highest BCUT2D eigenvalue weighted by molar-refractivity contribution is 6.31. The van der Waals surface area contributed by atoms with Gasteiger partial charge in [-0.25, -0.2) is 9.37 Å². The van der Waals surface area contributed by atoms with E-state index in [4.69, 9.17) is 11.6 Å². The minimum atomic E-state index is -0.346. The molecule has 2 aromatic heterocycles. The molecule has 0 atom stereocenters. The van der Waals surface area contributed by atoms with Crippen molar-refractivity contribution < 1.29 is 4.39 Å². The first-order valence-corrected chi connectivity index (χ1v) is 9.20. The third kappa shape index (κ3) is 3.96. The van der Waals surface area contributed by atoms with Crippen LogP contribution >= 0.6 is 11.6 Å². The second kappa shape index (κ2) is 8.13. The van der Waals surface area contributed by atoms with Gasteiger partial charge >= 0.3 is 0 Å². The van der Waals surface area contributed by atoms with Crippen molar-refractivity contribution in [2.75, 3.05) is 5.32 Å². The number of nitrogens with zero attached hydrogens (tertiary/aromatic N) is 4. The topological polar surface area (TPSA) is 66.5 Å². The average Bonchev–Trinajstić information content (AvgIpc) is 3.19. The minimum absolute atomic E-state index is 0.268. The largest absolute Gasteiger partial charge is 0.381 e. The standard InChI is InChI=1S/C22H15ClFN5/c23-19-4-1-5-20(24)18(19)13-27-16-6-8-17(9-7-16)29-14-21(28-22(29)11-25)15-3-2-10-26-12-15/h1-10,12,14,27H,13H2. The van der Waals surface area contributed by atoms with Crippen LogP contribution in [0.1, 0.15) is 11.4 Å². The van der Waals surface area contributed by atoms with Crippen molar-refractivity contribution in [1.29, 1.82) is 5.26 Å². The molecule has 0 radical (unpaired) electrons. The second-order valence-electron chi connectivity index (χ2n) is 6.27. The predicted molar refractivity (Wildman–Crippen MR) is 110 cm³/mol. The molecule has 142 valence electrons. The molecule has 1 N–H and O–H groups in total. The zero-order chi connectivity index (χ0) is 20.2. The monoisotopic (exact) mass is 403 g/mol. The summed E-state index contributed by atoms with van der Waals surface area (Å²) in [5.74, 6) is -0.0654. The van der Waals surface area contributed by atoms with E-state index in [1.807, 2.05) is 36.4 Å². The molecule has 0 aliphatic rings. The van der Waals surface area contributed by atoms with Crippen molar-refractivity contribution >= 4 is 17.3 Å². The summed E-state index contributed by atoms with van der Waals surface area (Å²) in [6, 6.07) is 17.9. The van der Waals surface area contributed by atoms with Crippen LogP contribution < -0.4 is 5.32 Å². The SMILES string of the molecule is N#Cc1nc(-c2cccnc2)cn1-c1ccc(NCc2c(F)cccc2Cl)cc1. The fourth-order valence-electron chi connectivity index (χ4n) is 2.94. The number of benzene rings is 2. The third-order valence-corrected chi connectivity index (χ3v) is 4.79. The Hall–Kier alpha value is -3.69. The van der Waals surface area contributed by atoms with Crippen molar-refractivity contribution in [3.8, 4) is 23.0 Å². The van der Waals surface area contributed by atoms with Crippen molar-refractivity contribution in [2.24, 2.45) is 0 Å². The smallest absolute Gasteiger partial charge is 0.217 e. The highest BCUT2D eigenvalue weighted by Crippen LogP contribution is 2.23. The van der Waals surface area contributed by atoms with Crippen LogP contribution in [0.4, 0.5) is 10.1 Å². The summed E-state index contributed by atoms with van der Waals surface area (Å²) < 4.78 is 15.6. The molecular formula is C22H15ClFN5. The van der Waals surface area contributed by atoms with E-state index in [1.165, 1.54) is 6.07 Å². The number of hydrogen-bond acceptors (Lipinski definition) is 4. The van der Waals surface area contributed by atoms with E-state index < -0.39 is 0 Å². The number of aromatic nitrogens is 3. The Labute approximate surface area is 172 Å². The Kier molecular flexibility index (Phi) is 5.23. The van der Waals surface area contributed by atoms with E-state index in [0.717, 1.165) is 16.9 Å². The normalized spacial score (nSPS) is 10.5. The zero-order valence-electron chi connectivity index (χ0n) is 15.2. The lowest BCUT2D eigenvalue weighted by atomic mass is 10.2. The van der Waals surface area contributed by atoms with Crippen LogP contribution in [-0.4, -0.2) is 14.5 Å². The fourth-order valence-corrected chi connectivity index (χ4v) is 3.17. The lowest BCUT2D eigenvalue weighted by Crippen LogP contribution is -2.03. The van der Waals surface area contributed by atoms with Crippen LogP contribution in [0.5, 0.6) is 0 Å². The Balaban J connectivity index is 1.55. The lowest BCUT2D eigenvalue weighted by molar-refractivity contribution is 0.613. The highest BCUT2D eigenvalue weighted by Gasteiger charge is 2.11. The van der Waals surface area contributed by atoms with Gasteiger partial charge < -0.3 is 5.32 Å². The van der Waals surface area contributed by atoms with Gasteiger partial charge in [-0.3, -0.25) is 9.55 Å². The molecule has 7 heteroatoms. The molecule has 0 fully saturated rings. The van der Waals surface area contributed by atoms with Gasteiger partial charge in [0.15, 0.2) is 0 Å². The number of nitriles is 1. The zero-order valence-corrected chi connectivity index (χ0v) is 15.9. The van der Waals surface area contributed by atoms with Gasteiger partial charge in [-0.05, 0) is 48.5 Å². The third-order valence-electron chi connectivity index (χ3n) is 4.44. The van der Waals surface area contributed by atoms with Gasteiger partial charge in [-0.1, -0.05) is 17.7 Å². The maximum absolute atomic E-state index is 13.9. The lowest BCUT2D eigenvalue weighted by Gasteiger charge is -2.10. The summed E-state index contributed by atoms with van der Waals surface area (Å²) in [5, 5.41) is 13.0. The Morgan fingerprint density at radius 2 is 1.93 bits per heavy atom. The molecule has 0 spiro atoms. The average molecular weight is 404 g/mol. The van der Waals surface area contributed by atoms with Crippen LogP contribution in [0.3, 0.4) is 0 Å². The van der Waals surface area contributed by atoms with Crippen molar-refractivity contribution in [1.82, 2.24) is 14.5 Å². The molecule has 0 saturated carbocycles. The number of nitrogens with one attached hydrogen (secondary N) is 1. The van der Waals surface area contributed by atoms with E-state index in [9.17, 15) is 9.65 Å². The molecule has 0 unspecified atom stereocenters. The maximum Gasteiger partial charge on any atom is 0.217 e. The summed E-state index contributed by atoms with van der Waals surface area (Å²) in [5.41, 5.74) is 3.52. The number of anilines is 1. The highest BCUT2D eigenvalue weighted by atomic mass is 35.5. The van der Waals surface area contributed by atoms with E-state index in [0.29, 0.717) is 16.3 Å². The molecule has 0 saturated heterocycles. The van der Waals surface area contributed by atoms with Gasteiger partial charge in [-0.15, -0.1) is 0 Å². The minimum Gasteiger partial charge on any atom is -0.381 e. The molecule has 29 heavy (non-hydrogen) atoms. The Morgan fingerprint density at radius 3 is 2.62 bits per heavy atom. The molecule has 4 aromatic rings. The van der Waals surface area contributed by atoms with Gasteiger partial charge in [0.1, 0.15) is 11.9 Å². The number of pyridine rings is 1. The summed E-state index contributed by atoms with van der Waals surface area (Å²) in [7, 11) is 0. The van der Waals surface area contributed by atoms with Crippen molar-refractivity contribution in [2.45, 2.75) is 6.54 Å². The summed E-state index contributed by atoms with van der Waals surface area (Å²) in [6.45, 7) is 0.268. The quantitative estimate of drug-likeness (QED) is 0.496. The van der Waals surface area contributed by atoms with E-state index in [-0.39, 0.29) is 18.2 Å². The van der Waals surface area contributed by atoms with Crippen LogP contribution in [0.2, 0.25) is 5.02 Å². The number of imidazole rings is 1. The molecule has 0 aliphatic carbocycles. The summed E-state index contributed by atoms with van der Waals surface area (Å²) >= 11 is 6.06. The second-order valence-corrected chi connectivity index (χ2v) is 6.68. The molecule has 5 nitrogen and oxygen atoms in total. The molecule has 4 rings (SSSR count). The summed E-state index contributed by atoms with van der Waals surface area (Å²) in [4.78, 5) is 8.47.